The molecule has 6 heteroatoms. The van der Waals surface area contributed by atoms with Crippen molar-refractivity contribution in [2.75, 3.05) is 11.1 Å². The van der Waals surface area contributed by atoms with Crippen molar-refractivity contribution < 1.29 is 4.79 Å². The average Bonchev–Trinajstić information content (AvgIpc) is 2.73. The molecule has 0 aromatic carbocycles. The van der Waals surface area contributed by atoms with Gasteiger partial charge in [0, 0.05) is 7.05 Å². The van der Waals surface area contributed by atoms with Gasteiger partial charge < -0.3 is 11.1 Å². The topological polar surface area (TPSA) is 85.8 Å². The summed E-state index contributed by atoms with van der Waals surface area (Å²) in [4.78, 5) is 16.0. The highest BCUT2D eigenvalue weighted by molar-refractivity contribution is 6.02. The molecule has 0 saturated carbocycles. The van der Waals surface area contributed by atoms with Crippen LogP contribution in [-0.4, -0.2) is 20.7 Å². The van der Waals surface area contributed by atoms with Gasteiger partial charge in [0.15, 0.2) is 0 Å². The zero-order chi connectivity index (χ0) is 13.1. The van der Waals surface area contributed by atoms with Gasteiger partial charge in [0.25, 0.3) is 5.91 Å². The second kappa shape index (κ2) is 4.87. The Morgan fingerprint density at radius 2 is 2.28 bits per heavy atom. The zero-order valence-electron chi connectivity index (χ0n) is 10.3. The van der Waals surface area contributed by atoms with E-state index in [-0.39, 0.29) is 5.91 Å². The van der Waals surface area contributed by atoms with Crippen LogP contribution in [0.15, 0.2) is 24.4 Å². The summed E-state index contributed by atoms with van der Waals surface area (Å²) in [5.41, 5.74) is 7.47. The monoisotopic (exact) mass is 245 g/mol. The van der Waals surface area contributed by atoms with Crippen molar-refractivity contribution >= 4 is 17.4 Å². The molecule has 0 spiro atoms. The van der Waals surface area contributed by atoms with Gasteiger partial charge in [-0.1, -0.05) is 6.92 Å². The van der Waals surface area contributed by atoms with Crippen molar-refractivity contribution in [2.45, 2.75) is 13.3 Å². The number of nitrogen functional groups attached to an aromatic ring is 1. The van der Waals surface area contributed by atoms with Crippen LogP contribution in [0.5, 0.6) is 0 Å². The van der Waals surface area contributed by atoms with E-state index in [1.165, 1.54) is 6.20 Å². The molecule has 0 unspecified atom stereocenters. The van der Waals surface area contributed by atoms with Gasteiger partial charge in [-0.2, -0.15) is 5.10 Å². The summed E-state index contributed by atoms with van der Waals surface area (Å²) in [5.74, 6) is 0.232. The molecule has 0 bridgehead atoms. The molecule has 3 N–H and O–H groups in total. The van der Waals surface area contributed by atoms with Crippen molar-refractivity contribution in [3.05, 3.63) is 35.8 Å². The maximum atomic E-state index is 12.0. The minimum atomic E-state index is -0.234. The average molecular weight is 245 g/mol. The van der Waals surface area contributed by atoms with Crippen LogP contribution < -0.4 is 11.1 Å². The lowest BCUT2D eigenvalue weighted by Gasteiger charge is -2.04. The predicted octanol–water partition coefficient (Wildman–Crippen LogP) is 1.21. The summed E-state index contributed by atoms with van der Waals surface area (Å²) in [7, 11) is 1.74. The minimum absolute atomic E-state index is 0.234. The van der Waals surface area contributed by atoms with Crippen LogP contribution in [0.4, 0.5) is 11.5 Å². The molecular weight excluding hydrogens is 230 g/mol. The van der Waals surface area contributed by atoms with E-state index in [0.29, 0.717) is 17.2 Å². The summed E-state index contributed by atoms with van der Waals surface area (Å²) >= 11 is 0. The largest absolute Gasteiger partial charge is 0.397 e. The van der Waals surface area contributed by atoms with Crippen molar-refractivity contribution in [3.8, 4) is 0 Å². The first-order valence-corrected chi connectivity index (χ1v) is 5.66. The third-order valence-corrected chi connectivity index (χ3v) is 2.55. The number of carbonyl (C=O) groups excluding carboxylic acids is 1. The number of nitrogens with zero attached hydrogens (tertiary/aromatic N) is 3. The number of rotatable bonds is 3. The van der Waals surface area contributed by atoms with Crippen LogP contribution in [0.3, 0.4) is 0 Å². The standard InChI is InChI=1S/C12H15N5O/c1-3-9-6-10(17(2)16-9)12(18)15-11-5-4-8(13)7-14-11/h4-7H,3,13H2,1-2H3,(H,14,15,18). The molecule has 0 fully saturated rings. The molecule has 2 rings (SSSR count). The molecule has 0 atom stereocenters. The van der Waals surface area contributed by atoms with E-state index in [9.17, 15) is 4.79 Å². The van der Waals surface area contributed by atoms with E-state index in [1.807, 2.05) is 6.92 Å². The molecule has 0 radical (unpaired) electrons. The molecule has 94 valence electrons. The van der Waals surface area contributed by atoms with Crippen molar-refractivity contribution in [1.29, 1.82) is 0 Å². The lowest BCUT2D eigenvalue weighted by atomic mass is 10.3. The molecule has 6 nitrogen and oxygen atoms in total. The molecule has 2 aromatic heterocycles. The van der Waals surface area contributed by atoms with Crippen molar-refractivity contribution in [3.63, 3.8) is 0 Å². The number of pyridine rings is 1. The van der Waals surface area contributed by atoms with Crippen LogP contribution in [0.25, 0.3) is 0 Å². The van der Waals surface area contributed by atoms with Gasteiger partial charge in [-0.25, -0.2) is 4.98 Å². The highest BCUT2D eigenvalue weighted by atomic mass is 16.2. The molecule has 0 saturated heterocycles. The van der Waals surface area contributed by atoms with Gasteiger partial charge in [-0.3, -0.25) is 9.48 Å². The van der Waals surface area contributed by atoms with Crippen LogP contribution >= 0.6 is 0 Å². The Balaban J connectivity index is 2.16. The third-order valence-electron chi connectivity index (χ3n) is 2.55. The predicted molar refractivity (Wildman–Crippen MR) is 69.2 cm³/mol. The number of aromatic nitrogens is 3. The Hall–Kier alpha value is -2.37. The summed E-state index contributed by atoms with van der Waals surface area (Å²) in [6.07, 6.45) is 2.29. The van der Waals surface area contributed by atoms with Gasteiger partial charge in [-0.15, -0.1) is 0 Å². The normalized spacial score (nSPS) is 10.3. The number of nitrogens with two attached hydrogens (primary N) is 1. The van der Waals surface area contributed by atoms with Gasteiger partial charge in [0.1, 0.15) is 11.5 Å². The first kappa shape index (κ1) is 12.1. The quantitative estimate of drug-likeness (QED) is 0.851. The molecule has 2 aromatic rings. The molecule has 18 heavy (non-hydrogen) atoms. The van der Waals surface area contributed by atoms with Crippen molar-refractivity contribution in [1.82, 2.24) is 14.8 Å². The summed E-state index contributed by atoms with van der Waals surface area (Å²) in [5, 5.41) is 6.92. The molecule has 1 amide bonds. The number of hydrogen-bond donors (Lipinski definition) is 2. The van der Waals surface area contributed by atoms with E-state index < -0.39 is 0 Å². The Kier molecular flexibility index (Phi) is 3.27. The summed E-state index contributed by atoms with van der Waals surface area (Å²) in [6.45, 7) is 1.99. The third kappa shape index (κ3) is 2.48. The van der Waals surface area contributed by atoms with Crippen molar-refractivity contribution in [2.24, 2.45) is 7.05 Å². The van der Waals surface area contributed by atoms with Gasteiger partial charge in [0.05, 0.1) is 17.6 Å². The Morgan fingerprint density at radius 1 is 1.50 bits per heavy atom. The van der Waals surface area contributed by atoms with Gasteiger partial charge in [-0.05, 0) is 24.6 Å². The Morgan fingerprint density at radius 3 is 2.83 bits per heavy atom. The number of hydrogen-bond acceptors (Lipinski definition) is 4. The van der Waals surface area contributed by atoms with Gasteiger partial charge in [0.2, 0.25) is 0 Å². The second-order valence-electron chi connectivity index (χ2n) is 3.93. The van der Waals surface area contributed by atoms with E-state index in [2.05, 4.69) is 15.4 Å². The fourth-order valence-electron chi connectivity index (χ4n) is 1.57. The van der Waals surface area contributed by atoms with E-state index in [4.69, 9.17) is 5.73 Å². The molecule has 0 aliphatic rings. The van der Waals surface area contributed by atoms with E-state index in [1.54, 1.807) is 29.9 Å². The Labute approximate surface area is 105 Å². The van der Waals surface area contributed by atoms with Crippen LogP contribution in [0.1, 0.15) is 23.1 Å². The fourth-order valence-corrected chi connectivity index (χ4v) is 1.57. The maximum absolute atomic E-state index is 12.0. The minimum Gasteiger partial charge on any atom is -0.397 e. The fraction of sp³-hybridized carbons (Fsp3) is 0.250. The zero-order valence-corrected chi connectivity index (χ0v) is 10.3. The lowest BCUT2D eigenvalue weighted by molar-refractivity contribution is 0.101. The Bertz CT molecular complexity index is 558. The number of amides is 1. The van der Waals surface area contributed by atoms with Gasteiger partial charge >= 0.3 is 0 Å². The van der Waals surface area contributed by atoms with Crippen LogP contribution in [0.2, 0.25) is 0 Å². The maximum Gasteiger partial charge on any atom is 0.275 e. The van der Waals surface area contributed by atoms with Crippen LogP contribution in [-0.2, 0) is 13.5 Å². The smallest absolute Gasteiger partial charge is 0.275 e. The molecule has 0 aliphatic carbocycles. The molecule has 0 aliphatic heterocycles. The first-order chi connectivity index (χ1) is 8.60. The molecule has 2 heterocycles. The number of nitrogens with one attached hydrogen (secondary N) is 1. The van der Waals surface area contributed by atoms with Crippen LogP contribution in [0, 0.1) is 0 Å². The lowest BCUT2D eigenvalue weighted by Crippen LogP contribution is -2.16. The SMILES string of the molecule is CCc1cc(C(=O)Nc2ccc(N)cn2)n(C)n1. The highest BCUT2D eigenvalue weighted by Gasteiger charge is 2.13. The number of aryl methyl sites for hydroxylation is 2. The first-order valence-electron chi connectivity index (χ1n) is 5.66. The highest BCUT2D eigenvalue weighted by Crippen LogP contribution is 2.09. The summed E-state index contributed by atoms with van der Waals surface area (Å²) < 4.78 is 1.56. The summed E-state index contributed by atoms with van der Waals surface area (Å²) in [6, 6.07) is 5.11. The molecular formula is C12H15N5O. The van der Waals surface area contributed by atoms with E-state index >= 15 is 0 Å². The number of anilines is 2. The van der Waals surface area contributed by atoms with E-state index in [0.717, 1.165) is 12.1 Å². The second-order valence-corrected chi connectivity index (χ2v) is 3.93. The number of carbonyl (C=O) groups is 1.